The van der Waals surface area contributed by atoms with Crippen LogP contribution in [0.15, 0.2) is 33.9 Å². The maximum absolute atomic E-state index is 12.6. The average Bonchev–Trinajstić information content (AvgIpc) is 3.21. The Labute approximate surface area is 175 Å². The summed E-state index contributed by atoms with van der Waals surface area (Å²) in [5.74, 6) is 0.715. The Morgan fingerprint density at radius 2 is 2.00 bits per heavy atom. The van der Waals surface area contributed by atoms with E-state index in [4.69, 9.17) is 4.42 Å². The van der Waals surface area contributed by atoms with E-state index in [1.807, 2.05) is 4.90 Å². The van der Waals surface area contributed by atoms with Gasteiger partial charge < -0.3 is 9.32 Å². The SMILES string of the molecule is CCC1CCCCN1C(=O)CSc1nnc(-c2ccc(NS(=O)(=O)CC)cc2)o1. The van der Waals surface area contributed by atoms with Crippen molar-refractivity contribution in [2.24, 2.45) is 0 Å². The van der Waals surface area contributed by atoms with Crippen LogP contribution < -0.4 is 4.72 Å². The molecule has 1 aromatic heterocycles. The lowest BCUT2D eigenvalue weighted by atomic mass is 10.0. The molecule has 0 spiro atoms. The minimum absolute atomic E-state index is 0.00808. The van der Waals surface area contributed by atoms with Crippen molar-refractivity contribution in [2.45, 2.75) is 50.8 Å². The van der Waals surface area contributed by atoms with Crippen LogP contribution in [0, 0.1) is 0 Å². The van der Waals surface area contributed by atoms with Crippen LogP contribution in [-0.2, 0) is 14.8 Å². The highest BCUT2D eigenvalue weighted by Crippen LogP contribution is 2.26. The minimum Gasteiger partial charge on any atom is -0.411 e. The number of amides is 1. The quantitative estimate of drug-likeness (QED) is 0.630. The zero-order valence-corrected chi connectivity index (χ0v) is 18.3. The van der Waals surface area contributed by atoms with Gasteiger partial charge in [-0.1, -0.05) is 18.7 Å². The zero-order chi connectivity index (χ0) is 20.9. The molecule has 1 aliphatic rings. The third kappa shape index (κ3) is 5.72. The van der Waals surface area contributed by atoms with Gasteiger partial charge in [0.25, 0.3) is 5.22 Å². The Kier molecular flexibility index (Phi) is 7.18. The molecule has 1 amide bonds. The van der Waals surface area contributed by atoms with Crippen molar-refractivity contribution in [1.82, 2.24) is 15.1 Å². The lowest BCUT2D eigenvalue weighted by Gasteiger charge is -2.35. The highest BCUT2D eigenvalue weighted by molar-refractivity contribution is 7.99. The number of rotatable bonds is 8. The number of hydrogen-bond acceptors (Lipinski definition) is 7. The van der Waals surface area contributed by atoms with Crippen molar-refractivity contribution in [3.63, 3.8) is 0 Å². The molecule has 1 unspecified atom stereocenters. The van der Waals surface area contributed by atoms with E-state index in [0.717, 1.165) is 25.8 Å². The number of benzene rings is 1. The van der Waals surface area contributed by atoms with Crippen molar-refractivity contribution in [3.05, 3.63) is 24.3 Å². The monoisotopic (exact) mass is 438 g/mol. The highest BCUT2D eigenvalue weighted by Gasteiger charge is 2.25. The zero-order valence-electron chi connectivity index (χ0n) is 16.6. The maximum atomic E-state index is 12.6. The van der Waals surface area contributed by atoms with Gasteiger partial charge in [-0.3, -0.25) is 9.52 Å². The second-order valence-corrected chi connectivity index (χ2v) is 9.83. The summed E-state index contributed by atoms with van der Waals surface area (Å²) in [5, 5.41) is 8.38. The van der Waals surface area contributed by atoms with Gasteiger partial charge in [0.2, 0.25) is 21.8 Å². The van der Waals surface area contributed by atoms with Crippen LogP contribution >= 0.6 is 11.8 Å². The smallest absolute Gasteiger partial charge is 0.277 e. The van der Waals surface area contributed by atoms with Crippen LogP contribution in [0.1, 0.15) is 39.5 Å². The van der Waals surface area contributed by atoms with Crippen LogP contribution in [0.3, 0.4) is 0 Å². The molecule has 1 N–H and O–H groups in total. The van der Waals surface area contributed by atoms with E-state index in [2.05, 4.69) is 21.8 Å². The van der Waals surface area contributed by atoms with Crippen molar-refractivity contribution >= 4 is 33.4 Å². The number of nitrogens with zero attached hydrogens (tertiary/aromatic N) is 3. The summed E-state index contributed by atoms with van der Waals surface area (Å²) in [4.78, 5) is 14.5. The molecule has 29 heavy (non-hydrogen) atoms. The van der Waals surface area contributed by atoms with Crippen LogP contribution in [0.25, 0.3) is 11.5 Å². The van der Waals surface area contributed by atoms with E-state index in [1.54, 1.807) is 31.2 Å². The van der Waals surface area contributed by atoms with Crippen LogP contribution in [0.2, 0.25) is 0 Å². The van der Waals surface area contributed by atoms with Crippen LogP contribution in [0.5, 0.6) is 0 Å². The second-order valence-electron chi connectivity index (χ2n) is 6.89. The Hall–Kier alpha value is -2.07. The summed E-state index contributed by atoms with van der Waals surface area (Å²) in [6, 6.07) is 7.04. The van der Waals surface area contributed by atoms with E-state index >= 15 is 0 Å². The molecule has 0 aliphatic carbocycles. The summed E-state index contributed by atoms with van der Waals surface area (Å²) >= 11 is 1.24. The predicted molar refractivity (Wildman–Crippen MR) is 113 cm³/mol. The molecule has 3 rings (SSSR count). The number of piperidine rings is 1. The molecule has 158 valence electrons. The molecule has 0 radical (unpaired) electrons. The van der Waals surface area contributed by atoms with Gasteiger partial charge in [-0.05, 0) is 56.9 Å². The molecule has 0 bridgehead atoms. The van der Waals surface area contributed by atoms with Gasteiger partial charge in [-0.2, -0.15) is 0 Å². The van der Waals surface area contributed by atoms with Crippen LogP contribution in [-0.4, -0.2) is 53.5 Å². The number of nitrogens with one attached hydrogen (secondary N) is 1. The topological polar surface area (TPSA) is 105 Å². The predicted octanol–water partition coefficient (Wildman–Crippen LogP) is 3.38. The number of aromatic nitrogens is 2. The normalized spacial score (nSPS) is 17.3. The van der Waals surface area contributed by atoms with Gasteiger partial charge in [0, 0.05) is 23.8 Å². The van der Waals surface area contributed by atoms with Gasteiger partial charge in [0.05, 0.1) is 11.5 Å². The first-order valence-electron chi connectivity index (χ1n) is 9.78. The molecule has 2 aromatic rings. The number of anilines is 1. The number of sulfonamides is 1. The van der Waals surface area contributed by atoms with E-state index in [-0.39, 0.29) is 17.4 Å². The minimum atomic E-state index is -3.32. The molecule has 1 saturated heterocycles. The molecule has 0 saturated carbocycles. The fourth-order valence-electron chi connectivity index (χ4n) is 3.28. The Bertz CT molecular complexity index is 928. The molecular weight excluding hydrogens is 412 g/mol. The largest absolute Gasteiger partial charge is 0.411 e. The van der Waals surface area contributed by atoms with Crippen molar-refractivity contribution < 1.29 is 17.6 Å². The Balaban J connectivity index is 1.58. The molecule has 1 fully saturated rings. The lowest BCUT2D eigenvalue weighted by Crippen LogP contribution is -2.44. The molecular formula is C19H26N4O4S2. The Morgan fingerprint density at radius 1 is 1.24 bits per heavy atom. The van der Waals surface area contributed by atoms with E-state index in [9.17, 15) is 13.2 Å². The number of likely N-dealkylation sites (tertiary alicyclic amines) is 1. The first kappa shape index (κ1) is 21.6. The van der Waals surface area contributed by atoms with Gasteiger partial charge in [-0.15, -0.1) is 10.2 Å². The molecule has 1 atom stereocenters. The fraction of sp³-hybridized carbons (Fsp3) is 0.526. The number of carbonyl (C=O) groups is 1. The third-order valence-corrected chi connectivity index (χ3v) is 7.04. The van der Waals surface area contributed by atoms with Crippen LogP contribution in [0.4, 0.5) is 5.69 Å². The first-order chi connectivity index (χ1) is 13.9. The average molecular weight is 439 g/mol. The lowest BCUT2D eigenvalue weighted by molar-refractivity contribution is -0.132. The van der Waals surface area contributed by atoms with Gasteiger partial charge >= 0.3 is 0 Å². The molecule has 1 aromatic carbocycles. The number of thioether (sulfide) groups is 1. The molecule has 10 heteroatoms. The van der Waals surface area contributed by atoms with Gasteiger partial charge in [0.1, 0.15) is 0 Å². The number of carbonyl (C=O) groups excluding carboxylic acids is 1. The maximum Gasteiger partial charge on any atom is 0.277 e. The first-order valence-corrected chi connectivity index (χ1v) is 12.4. The summed E-state index contributed by atoms with van der Waals surface area (Å²) in [5.41, 5.74) is 1.15. The Morgan fingerprint density at radius 3 is 2.69 bits per heavy atom. The molecule has 2 heterocycles. The summed E-state index contributed by atoms with van der Waals surface area (Å²) in [6.45, 7) is 4.51. The molecule has 8 nitrogen and oxygen atoms in total. The van der Waals surface area contributed by atoms with Gasteiger partial charge in [0.15, 0.2) is 0 Å². The summed E-state index contributed by atoms with van der Waals surface area (Å²) in [6.07, 6.45) is 4.29. The standard InChI is InChI=1S/C19H26N4O4S2/c1-3-16-7-5-6-12-23(16)17(24)13-28-19-21-20-18(27-19)14-8-10-15(11-9-14)22-29(25,26)4-2/h8-11,16,22H,3-7,12-13H2,1-2H3. The van der Waals surface area contributed by atoms with Gasteiger partial charge in [-0.25, -0.2) is 8.42 Å². The second kappa shape index (κ2) is 9.62. The van der Waals surface area contributed by atoms with E-state index in [0.29, 0.717) is 28.4 Å². The fourth-order valence-corrected chi connectivity index (χ4v) is 4.57. The van der Waals surface area contributed by atoms with Crippen molar-refractivity contribution in [3.8, 4) is 11.5 Å². The molecule has 1 aliphatic heterocycles. The highest BCUT2D eigenvalue weighted by atomic mass is 32.2. The number of hydrogen-bond donors (Lipinski definition) is 1. The third-order valence-electron chi connectivity index (χ3n) is 4.93. The summed E-state index contributed by atoms with van der Waals surface area (Å²) < 4.78 is 31.4. The van der Waals surface area contributed by atoms with Crippen molar-refractivity contribution in [1.29, 1.82) is 0 Å². The van der Waals surface area contributed by atoms with E-state index < -0.39 is 10.0 Å². The van der Waals surface area contributed by atoms with E-state index in [1.165, 1.54) is 18.2 Å². The van der Waals surface area contributed by atoms with Crippen molar-refractivity contribution in [2.75, 3.05) is 22.8 Å². The summed E-state index contributed by atoms with van der Waals surface area (Å²) in [7, 11) is -3.32.